The molecule has 1 N–H and O–H groups in total. The summed E-state index contributed by atoms with van der Waals surface area (Å²) in [6, 6.07) is 10.1. The molecule has 34 heavy (non-hydrogen) atoms. The average molecular weight is 480 g/mol. The second-order valence-electron chi connectivity index (χ2n) is 8.02. The maximum Gasteiger partial charge on any atom is 0.272 e. The molecule has 1 aliphatic rings. The summed E-state index contributed by atoms with van der Waals surface area (Å²) in [4.78, 5) is 24.5. The van der Waals surface area contributed by atoms with Crippen LogP contribution in [0, 0.1) is 17.0 Å². The molecule has 0 fully saturated rings. The van der Waals surface area contributed by atoms with Crippen molar-refractivity contribution in [1.82, 2.24) is 5.43 Å². The fourth-order valence-corrected chi connectivity index (χ4v) is 5.11. The molecule has 1 aromatic heterocycles. The molecule has 8 nitrogen and oxygen atoms in total. The number of amides is 1. The van der Waals surface area contributed by atoms with E-state index in [9.17, 15) is 14.9 Å². The van der Waals surface area contributed by atoms with Crippen LogP contribution < -0.4 is 14.9 Å². The second kappa shape index (κ2) is 10.5. The number of nitrogens with one attached hydrogen (secondary N) is 1. The predicted molar refractivity (Wildman–Crippen MR) is 131 cm³/mol. The molecule has 0 bridgehead atoms. The van der Waals surface area contributed by atoms with Crippen LogP contribution in [0.3, 0.4) is 0 Å². The number of nitro benzene ring substituents is 1. The first-order valence-electron chi connectivity index (χ1n) is 10.9. The number of aryl methyl sites for hydroxylation is 2. The quantitative estimate of drug-likeness (QED) is 0.272. The van der Waals surface area contributed by atoms with Crippen molar-refractivity contribution in [2.75, 3.05) is 7.11 Å². The Labute approximate surface area is 201 Å². The SMILES string of the molecule is COc1ccc(C=NNC(=O)c2csc3c2CCCC3)cc1COc1ccc([N+](=O)[O-])c(C)c1. The highest BCUT2D eigenvalue weighted by Gasteiger charge is 2.19. The summed E-state index contributed by atoms with van der Waals surface area (Å²) in [5.41, 5.74) is 6.64. The molecule has 0 spiro atoms. The molecule has 0 unspecified atom stereocenters. The minimum Gasteiger partial charge on any atom is -0.496 e. The third kappa shape index (κ3) is 5.26. The molecule has 3 aromatic rings. The van der Waals surface area contributed by atoms with E-state index in [2.05, 4.69) is 10.5 Å². The fourth-order valence-electron chi connectivity index (χ4n) is 3.99. The Bertz CT molecular complexity index is 1250. The number of methoxy groups -OCH3 is 1. The summed E-state index contributed by atoms with van der Waals surface area (Å²) in [7, 11) is 1.57. The van der Waals surface area contributed by atoms with Crippen LogP contribution in [0.25, 0.3) is 0 Å². The van der Waals surface area contributed by atoms with E-state index in [1.807, 2.05) is 17.5 Å². The molecule has 1 amide bonds. The first-order valence-corrected chi connectivity index (χ1v) is 11.8. The Morgan fingerprint density at radius 2 is 2.06 bits per heavy atom. The minimum atomic E-state index is -0.420. The number of rotatable bonds is 8. The van der Waals surface area contributed by atoms with Crippen LogP contribution in [-0.4, -0.2) is 24.2 Å². The molecule has 1 heterocycles. The van der Waals surface area contributed by atoms with Crippen LogP contribution in [-0.2, 0) is 19.4 Å². The summed E-state index contributed by atoms with van der Waals surface area (Å²) >= 11 is 1.65. The summed E-state index contributed by atoms with van der Waals surface area (Å²) < 4.78 is 11.3. The smallest absolute Gasteiger partial charge is 0.272 e. The van der Waals surface area contributed by atoms with Gasteiger partial charge in [-0.2, -0.15) is 5.10 Å². The van der Waals surface area contributed by atoms with E-state index in [1.54, 1.807) is 49.8 Å². The summed E-state index contributed by atoms with van der Waals surface area (Å²) in [6.07, 6.45) is 5.87. The third-order valence-corrected chi connectivity index (χ3v) is 6.84. The standard InChI is InChI=1S/C25H25N3O5S/c1-16-11-19(8-9-22(16)28(30)31)33-14-18-12-17(7-10-23(18)32-2)13-26-27-25(29)21-15-34-24-6-4-3-5-20(21)24/h7-13,15H,3-6,14H2,1-2H3,(H,27,29). The average Bonchev–Trinajstić information content (AvgIpc) is 3.27. The van der Waals surface area contributed by atoms with E-state index in [-0.39, 0.29) is 18.2 Å². The first-order chi connectivity index (χ1) is 16.5. The van der Waals surface area contributed by atoms with Gasteiger partial charge in [0.15, 0.2) is 0 Å². The number of hydrogen-bond acceptors (Lipinski definition) is 7. The fraction of sp³-hybridized carbons (Fsp3) is 0.280. The minimum absolute atomic E-state index is 0.0492. The molecule has 0 saturated heterocycles. The van der Waals surface area contributed by atoms with Crippen molar-refractivity contribution < 1.29 is 19.2 Å². The normalized spacial score (nSPS) is 12.9. The van der Waals surface area contributed by atoms with Crippen LogP contribution in [0.4, 0.5) is 5.69 Å². The maximum absolute atomic E-state index is 12.6. The Hall–Kier alpha value is -3.72. The van der Waals surface area contributed by atoms with E-state index < -0.39 is 4.92 Å². The van der Waals surface area contributed by atoms with Gasteiger partial charge in [0, 0.05) is 27.5 Å². The molecule has 4 rings (SSSR count). The van der Waals surface area contributed by atoms with Crippen molar-refractivity contribution in [2.24, 2.45) is 5.10 Å². The van der Waals surface area contributed by atoms with Gasteiger partial charge in [0.2, 0.25) is 0 Å². The number of fused-ring (bicyclic) bond motifs is 1. The van der Waals surface area contributed by atoms with Gasteiger partial charge in [-0.3, -0.25) is 14.9 Å². The van der Waals surface area contributed by atoms with E-state index in [0.717, 1.165) is 41.5 Å². The van der Waals surface area contributed by atoms with Crippen molar-refractivity contribution in [3.8, 4) is 11.5 Å². The van der Waals surface area contributed by atoms with Crippen molar-refractivity contribution in [2.45, 2.75) is 39.2 Å². The van der Waals surface area contributed by atoms with Gasteiger partial charge in [-0.05, 0) is 74.1 Å². The highest BCUT2D eigenvalue weighted by Crippen LogP contribution is 2.30. The topological polar surface area (TPSA) is 103 Å². The lowest BCUT2D eigenvalue weighted by atomic mass is 9.96. The van der Waals surface area contributed by atoms with Crippen LogP contribution in [0.5, 0.6) is 11.5 Å². The van der Waals surface area contributed by atoms with Gasteiger partial charge in [-0.15, -0.1) is 11.3 Å². The largest absolute Gasteiger partial charge is 0.496 e. The van der Waals surface area contributed by atoms with Crippen LogP contribution in [0.2, 0.25) is 0 Å². The van der Waals surface area contributed by atoms with Gasteiger partial charge >= 0.3 is 0 Å². The third-order valence-electron chi connectivity index (χ3n) is 5.75. The molecule has 1 aliphatic carbocycles. The number of hydrazone groups is 1. The van der Waals surface area contributed by atoms with Gasteiger partial charge in [0.05, 0.1) is 23.8 Å². The van der Waals surface area contributed by atoms with Crippen molar-refractivity contribution >= 4 is 29.1 Å². The number of thiophene rings is 1. The Kier molecular flexibility index (Phi) is 7.22. The number of nitrogens with zero attached hydrogens (tertiary/aromatic N) is 2. The van der Waals surface area contributed by atoms with Gasteiger partial charge in [0.25, 0.3) is 11.6 Å². The lowest BCUT2D eigenvalue weighted by molar-refractivity contribution is -0.385. The Morgan fingerprint density at radius 3 is 2.82 bits per heavy atom. The van der Waals surface area contributed by atoms with Crippen LogP contribution in [0.15, 0.2) is 46.9 Å². The number of hydrogen-bond donors (Lipinski definition) is 1. The number of carbonyl (C=O) groups is 1. The molecular weight excluding hydrogens is 454 g/mol. The predicted octanol–water partition coefficient (Wildman–Crippen LogP) is 5.20. The maximum atomic E-state index is 12.6. The molecule has 176 valence electrons. The van der Waals surface area contributed by atoms with Gasteiger partial charge in [0.1, 0.15) is 18.1 Å². The highest BCUT2D eigenvalue weighted by molar-refractivity contribution is 7.10. The lowest BCUT2D eigenvalue weighted by Gasteiger charge is -2.12. The van der Waals surface area contributed by atoms with Gasteiger partial charge in [-0.1, -0.05) is 0 Å². The van der Waals surface area contributed by atoms with Crippen molar-refractivity contribution in [1.29, 1.82) is 0 Å². The molecule has 0 saturated carbocycles. The zero-order chi connectivity index (χ0) is 24.1. The monoisotopic (exact) mass is 479 g/mol. The van der Waals surface area contributed by atoms with Crippen LogP contribution in [0.1, 0.15) is 50.3 Å². The molecule has 0 atom stereocenters. The van der Waals surface area contributed by atoms with E-state index in [1.165, 1.54) is 17.4 Å². The van der Waals surface area contributed by atoms with E-state index >= 15 is 0 Å². The number of carbonyl (C=O) groups excluding carboxylic acids is 1. The Morgan fingerprint density at radius 1 is 1.24 bits per heavy atom. The molecular formula is C25H25N3O5S. The van der Waals surface area contributed by atoms with Crippen molar-refractivity contribution in [3.05, 3.63) is 84.6 Å². The first kappa shape index (κ1) is 23.4. The van der Waals surface area contributed by atoms with E-state index in [0.29, 0.717) is 17.1 Å². The zero-order valence-electron chi connectivity index (χ0n) is 19.0. The zero-order valence-corrected chi connectivity index (χ0v) is 19.8. The summed E-state index contributed by atoms with van der Waals surface area (Å²) in [5, 5.41) is 17.1. The molecule has 0 aliphatic heterocycles. The van der Waals surface area contributed by atoms with Gasteiger partial charge < -0.3 is 9.47 Å². The van der Waals surface area contributed by atoms with E-state index in [4.69, 9.17) is 9.47 Å². The summed E-state index contributed by atoms with van der Waals surface area (Å²) in [6.45, 7) is 1.87. The summed E-state index contributed by atoms with van der Waals surface area (Å²) in [5.74, 6) is 0.974. The van der Waals surface area contributed by atoms with Crippen molar-refractivity contribution in [3.63, 3.8) is 0 Å². The Balaban J connectivity index is 1.42. The second-order valence-corrected chi connectivity index (χ2v) is 8.99. The molecule has 9 heteroatoms. The molecule has 2 aromatic carbocycles. The van der Waals surface area contributed by atoms with Gasteiger partial charge in [-0.25, -0.2) is 5.43 Å². The number of benzene rings is 2. The van der Waals surface area contributed by atoms with Crippen LogP contribution >= 0.6 is 11.3 Å². The number of nitro groups is 1. The highest BCUT2D eigenvalue weighted by atomic mass is 32.1. The molecule has 0 radical (unpaired) electrons. The lowest BCUT2D eigenvalue weighted by Crippen LogP contribution is -2.19. The number of ether oxygens (including phenoxy) is 2.